The van der Waals surface area contributed by atoms with Gasteiger partial charge < -0.3 is 10.0 Å². The molecule has 1 N–H and O–H groups in total. The fourth-order valence-electron chi connectivity index (χ4n) is 2.20. The molecule has 0 saturated carbocycles. The third-order valence-corrected chi connectivity index (χ3v) is 3.49. The second-order valence-electron chi connectivity index (χ2n) is 4.87. The monoisotopic (exact) mass is 271 g/mol. The Morgan fingerprint density at radius 1 is 1.15 bits per heavy atom. The van der Waals surface area contributed by atoms with Crippen LogP contribution in [0, 0.1) is 0 Å². The largest absolute Gasteiger partial charge is 0.480 e. The third kappa shape index (κ3) is 2.96. The molecule has 0 aliphatic carbocycles. The van der Waals surface area contributed by atoms with Gasteiger partial charge in [-0.05, 0) is 16.3 Å². The van der Waals surface area contributed by atoms with Gasteiger partial charge in [0.2, 0.25) is 5.91 Å². The van der Waals surface area contributed by atoms with Crippen molar-refractivity contribution < 1.29 is 14.7 Å². The molecule has 1 amide bonds. The SMILES string of the molecule is CC(=O)N(C)C(Cc1ccc2ccccc2c1)C(=O)O. The number of rotatable bonds is 4. The molecule has 0 bridgehead atoms. The Labute approximate surface area is 117 Å². The van der Waals surface area contributed by atoms with Crippen molar-refractivity contribution in [3.8, 4) is 0 Å². The first-order chi connectivity index (χ1) is 9.49. The molecule has 1 atom stereocenters. The lowest BCUT2D eigenvalue weighted by Crippen LogP contribution is -2.42. The minimum atomic E-state index is -0.990. The van der Waals surface area contributed by atoms with Gasteiger partial charge in [0.1, 0.15) is 6.04 Å². The standard InChI is InChI=1S/C16H17NO3/c1-11(18)17(2)15(16(19)20)10-12-7-8-13-5-3-4-6-14(13)9-12/h3-9,15H,10H2,1-2H3,(H,19,20). The Balaban J connectivity index is 2.28. The van der Waals surface area contributed by atoms with Gasteiger partial charge in [-0.25, -0.2) is 4.79 Å². The second kappa shape index (κ2) is 5.74. The van der Waals surface area contributed by atoms with Crippen molar-refractivity contribution >= 4 is 22.6 Å². The van der Waals surface area contributed by atoms with Gasteiger partial charge in [0.25, 0.3) is 0 Å². The summed E-state index contributed by atoms with van der Waals surface area (Å²) in [6, 6.07) is 12.9. The van der Waals surface area contributed by atoms with E-state index in [1.54, 1.807) is 0 Å². The molecule has 0 radical (unpaired) electrons. The molecule has 0 fully saturated rings. The predicted molar refractivity (Wildman–Crippen MR) is 77.5 cm³/mol. The highest BCUT2D eigenvalue weighted by molar-refractivity contribution is 5.84. The summed E-state index contributed by atoms with van der Waals surface area (Å²) in [5, 5.41) is 11.5. The van der Waals surface area contributed by atoms with Crippen molar-refractivity contribution in [2.75, 3.05) is 7.05 Å². The van der Waals surface area contributed by atoms with Crippen molar-refractivity contribution in [2.24, 2.45) is 0 Å². The fraction of sp³-hybridized carbons (Fsp3) is 0.250. The number of nitrogens with zero attached hydrogens (tertiary/aromatic N) is 1. The number of likely N-dealkylation sites (N-methyl/N-ethyl adjacent to an activating group) is 1. The molecule has 4 nitrogen and oxygen atoms in total. The van der Waals surface area contributed by atoms with E-state index in [4.69, 9.17) is 0 Å². The first-order valence-electron chi connectivity index (χ1n) is 6.43. The molecule has 1 unspecified atom stereocenters. The molecular weight excluding hydrogens is 254 g/mol. The van der Waals surface area contributed by atoms with E-state index in [1.165, 1.54) is 18.9 Å². The summed E-state index contributed by atoms with van der Waals surface area (Å²) in [7, 11) is 1.52. The Kier molecular flexibility index (Phi) is 4.03. The lowest BCUT2D eigenvalue weighted by molar-refractivity contribution is -0.148. The van der Waals surface area contributed by atoms with Gasteiger partial charge in [-0.3, -0.25) is 4.79 Å². The number of carboxylic acids is 1. The van der Waals surface area contributed by atoms with E-state index in [9.17, 15) is 14.7 Å². The van der Waals surface area contributed by atoms with Gasteiger partial charge in [-0.2, -0.15) is 0 Å². The van der Waals surface area contributed by atoms with Crippen LogP contribution in [0.4, 0.5) is 0 Å². The van der Waals surface area contributed by atoms with Crippen molar-refractivity contribution in [2.45, 2.75) is 19.4 Å². The molecule has 4 heteroatoms. The number of carbonyl (C=O) groups is 2. The molecule has 104 valence electrons. The Hall–Kier alpha value is -2.36. The average Bonchev–Trinajstić information content (AvgIpc) is 2.43. The van der Waals surface area contributed by atoms with E-state index in [1.807, 2.05) is 42.5 Å². The smallest absolute Gasteiger partial charge is 0.326 e. The molecule has 0 spiro atoms. The number of amides is 1. The summed E-state index contributed by atoms with van der Waals surface area (Å²) in [6.45, 7) is 1.37. The quantitative estimate of drug-likeness (QED) is 0.928. The molecule has 0 aliphatic heterocycles. The number of fused-ring (bicyclic) bond motifs is 1. The third-order valence-electron chi connectivity index (χ3n) is 3.49. The molecule has 0 aliphatic rings. The maximum absolute atomic E-state index is 11.4. The summed E-state index contributed by atoms with van der Waals surface area (Å²) < 4.78 is 0. The van der Waals surface area contributed by atoms with Crippen LogP contribution in [-0.2, 0) is 16.0 Å². The number of aliphatic carboxylic acids is 1. The van der Waals surface area contributed by atoms with E-state index >= 15 is 0 Å². The van der Waals surface area contributed by atoms with Crippen LogP contribution in [0.1, 0.15) is 12.5 Å². The topological polar surface area (TPSA) is 57.6 Å². The number of benzene rings is 2. The summed E-state index contributed by atoms with van der Waals surface area (Å²) in [5.41, 5.74) is 0.907. The molecule has 0 aromatic heterocycles. The number of hydrogen-bond donors (Lipinski definition) is 1. The zero-order valence-corrected chi connectivity index (χ0v) is 11.5. The first kappa shape index (κ1) is 14.1. The molecule has 0 saturated heterocycles. The first-order valence-corrected chi connectivity index (χ1v) is 6.43. The van der Waals surface area contributed by atoms with E-state index in [0.29, 0.717) is 6.42 Å². The maximum Gasteiger partial charge on any atom is 0.326 e. The van der Waals surface area contributed by atoms with Gasteiger partial charge in [-0.15, -0.1) is 0 Å². The molecule has 2 rings (SSSR count). The van der Waals surface area contributed by atoms with E-state index in [2.05, 4.69) is 0 Å². The second-order valence-corrected chi connectivity index (χ2v) is 4.87. The highest BCUT2D eigenvalue weighted by Gasteiger charge is 2.24. The van der Waals surface area contributed by atoms with Crippen LogP contribution in [0.2, 0.25) is 0 Å². The Morgan fingerprint density at radius 3 is 2.40 bits per heavy atom. The van der Waals surface area contributed by atoms with Crippen LogP contribution in [0.5, 0.6) is 0 Å². The summed E-state index contributed by atoms with van der Waals surface area (Å²) in [4.78, 5) is 23.9. The van der Waals surface area contributed by atoms with Gasteiger partial charge >= 0.3 is 5.97 Å². The van der Waals surface area contributed by atoms with Gasteiger partial charge in [0, 0.05) is 20.4 Å². The highest BCUT2D eigenvalue weighted by Crippen LogP contribution is 2.17. The Bertz CT molecular complexity index is 651. The summed E-state index contributed by atoms with van der Waals surface area (Å²) in [5.74, 6) is -1.24. The van der Waals surface area contributed by atoms with Gasteiger partial charge in [0.15, 0.2) is 0 Å². The lowest BCUT2D eigenvalue weighted by atomic mass is 10.0. The average molecular weight is 271 g/mol. The van der Waals surface area contributed by atoms with Crippen molar-refractivity contribution in [3.05, 3.63) is 48.0 Å². The van der Waals surface area contributed by atoms with Crippen molar-refractivity contribution in [3.63, 3.8) is 0 Å². The lowest BCUT2D eigenvalue weighted by Gasteiger charge is -2.23. The molecule has 2 aromatic carbocycles. The molecule has 20 heavy (non-hydrogen) atoms. The van der Waals surface area contributed by atoms with E-state index < -0.39 is 12.0 Å². The molecule has 0 heterocycles. The minimum Gasteiger partial charge on any atom is -0.480 e. The van der Waals surface area contributed by atoms with E-state index in [0.717, 1.165) is 16.3 Å². The number of carboxylic acid groups (broad SMARTS) is 1. The number of hydrogen-bond acceptors (Lipinski definition) is 2. The van der Waals surface area contributed by atoms with Crippen LogP contribution < -0.4 is 0 Å². The van der Waals surface area contributed by atoms with Crippen LogP contribution >= 0.6 is 0 Å². The maximum atomic E-state index is 11.4. The van der Waals surface area contributed by atoms with Crippen LogP contribution in [0.15, 0.2) is 42.5 Å². The van der Waals surface area contributed by atoms with Crippen molar-refractivity contribution in [1.82, 2.24) is 4.90 Å². The summed E-state index contributed by atoms with van der Waals surface area (Å²) >= 11 is 0. The molecular formula is C16H17NO3. The van der Waals surface area contributed by atoms with Gasteiger partial charge in [-0.1, -0.05) is 42.5 Å². The molecule has 2 aromatic rings. The Morgan fingerprint density at radius 2 is 1.80 bits per heavy atom. The summed E-state index contributed by atoms with van der Waals surface area (Å²) in [6.07, 6.45) is 0.302. The van der Waals surface area contributed by atoms with Crippen molar-refractivity contribution in [1.29, 1.82) is 0 Å². The van der Waals surface area contributed by atoms with Crippen LogP contribution in [0.25, 0.3) is 10.8 Å². The number of carbonyl (C=O) groups excluding carboxylic acids is 1. The normalized spacial score (nSPS) is 12.1. The zero-order valence-electron chi connectivity index (χ0n) is 11.5. The van der Waals surface area contributed by atoms with Crippen LogP contribution in [0.3, 0.4) is 0 Å². The highest BCUT2D eigenvalue weighted by atomic mass is 16.4. The predicted octanol–water partition coefficient (Wildman–Crippen LogP) is 2.31. The minimum absolute atomic E-state index is 0.252. The fourth-order valence-corrected chi connectivity index (χ4v) is 2.20. The zero-order chi connectivity index (χ0) is 14.7. The van der Waals surface area contributed by atoms with Crippen LogP contribution in [-0.4, -0.2) is 35.0 Å². The van der Waals surface area contributed by atoms with E-state index in [-0.39, 0.29) is 5.91 Å². The van der Waals surface area contributed by atoms with Gasteiger partial charge in [0.05, 0.1) is 0 Å².